The fraction of sp³-hybridized carbons (Fsp3) is 0.485. The van der Waals surface area contributed by atoms with Gasteiger partial charge in [0.2, 0.25) is 0 Å². The van der Waals surface area contributed by atoms with Gasteiger partial charge in [-0.05, 0) is 55.0 Å². The Labute approximate surface area is 272 Å². The zero-order valence-electron chi connectivity index (χ0n) is 26.8. The number of nitrogens with zero attached hydrogens (tertiary/aromatic N) is 1. The summed E-state index contributed by atoms with van der Waals surface area (Å²) >= 11 is 0. The van der Waals surface area contributed by atoms with Crippen LogP contribution in [0.4, 0.5) is 35.1 Å². The molecule has 3 rings (SSSR count). The van der Waals surface area contributed by atoms with Gasteiger partial charge in [-0.15, -0.1) is 17.6 Å². The molecule has 0 amide bonds. The van der Waals surface area contributed by atoms with E-state index in [4.69, 9.17) is 4.74 Å². The zero-order valence-corrected chi connectivity index (χ0v) is 26.8. The minimum atomic E-state index is -5.87. The Morgan fingerprint density at radius 1 is 0.875 bits per heavy atom. The number of benzene rings is 2. The second-order valence-corrected chi connectivity index (χ2v) is 11.5. The van der Waals surface area contributed by atoms with Crippen LogP contribution in [0.25, 0.3) is 22.2 Å². The van der Waals surface area contributed by atoms with E-state index >= 15 is 0 Å². The number of halogens is 8. The molecule has 0 unspecified atom stereocenters. The minimum absolute atomic E-state index is 0.168. The molecule has 7 nitrogen and oxygen atoms in total. The first-order chi connectivity index (χ1) is 22.3. The van der Waals surface area contributed by atoms with E-state index < -0.39 is 44.0 Å². The molecule has 1 aromatic heterocycles. The molecule has 15 heteroatoms. The van der Waals surface area contributed by atoms with E-state index in [1.165, 1.54) is 17.7 Å². The standard InChI is InChI=1S/C33H37F8NO6/c1-6-8-9-10-23-11-14-26(22(5)15-23)28-16-24-12-13-25(17-27(24)42(28)18-21(3)4)44-19-30(34,35)46-32(38,39)48-33(40,41)47-31(36,37)20-45-29(43)7-2/h7,11-17,21H,2,6,8-10,18-20H2,1,3-5H3. The summed E-state index contributed by atoms with van der Waals surface area (Å²) in [6.45, 7) is 7.49. The Bertz CT molecular complexity index is 1560. The molecule has 1 heterocycles. The number of aromatic nitrogens is 1. The number of rotatable bonds is 19. The molecule has 0 radical (unpaired) electrons. The number of carbonyl (C=O) groups is 1. The van der Waals surface area contributed by atoms with E-state index in [9.17, 15) is 39.9 Å². The van der Waals surface area contributed by atoms with Crippen molar-refractivity contribution in [2.45, 2.75) is 84.7 Å². The van der Waals surface area contributed by atoms with Crippen molar-refractivity contribution in [2.75, 3.05) is 13.2 Å². The molecule has 48 heavy (non-hydrogen) atoms. The van der Waals surface area contributed by atoms with Crippen LogP contribution in [0.5, 0.6) is 5.75 Å². The van der Waals surface area contributed by atoms with Gasteiger partial charge in [0, 0.05) is 35.3 Å². The molecular weight excluding hydrogens is 658 g/mol. The maximum Gasteiger partial charge on any atom is 0.496 e. The average molecular weight is 696 g/mol. The molecule has 0 aliphatic heterocycles. The number of unbranched alkanes of at least 4 members (excludes halogenated alkanes) is 2. The molecule has 2 aromatic carbocycles. The lowest BCUT2D eigenvalue weighted by atomic mass is 9.99. The molecule has 0 fully saturated rings. The molecule has 0 aliphatic carbocycles. The van der Waals surface area contributed by atoms with Crippen molar-refractivity contribution in [1.82, 2.24) is 4.57 Å². The van der Waals surface area contributed by atoms with Crippen LogP contribution in [0.2, 0.25) is 0 Å². The van der Waals surface area contributed by atoms with Crippen molar-refractivity contribution >= 4 is 16.9 Å². The van der Waals surface area contributed by atoms with E-state index in [1.807, 2.05) is 37.5 Å². The number of esters is 1. The highest BCUT2D eigenvalue weighted by atomic mass is 19.3. The van der Waals surface area contributed by atoms with Gasteiger partial charge >= 0.3 is 30.8 Å². The number of ether oxygens (including phenoxy) is 5. The smallest absolute Gasteiger partial charge is 0.484 e. The molecule has 0 saturated heterocycles. The van der Waals surface area contributed by atoms with Gasteiger partial charge in [0.15, 0.2) is 13.2 Å². The van der Waals surface area contributed by atoms with Gasteiger partial charge in [0.25, 0.3) is 0 Å². The quantitative estimate of drug-likeness (QED) is 0.0409. The van der Waals surface area contributed by atoms with Crippen molar-refractivity contribution in [1.29, 1.82) is 0 Å². The van der Waals surface area contributed by atoms with Crippen LogP contribution in [-0.2, 0) is 36.7 Å². The summed E-state index contributed by atoms with van der Waals surface area (Å²) in [5.41, 5.74) is 4.69. The lowest BCUT2D eigenvalue weighted by Gasteiger charge is -2.27. The third-order valence-corrected chi connectivity index (χ3v) is 6.79. The largest absolute Gasteiger partial charge is 0.496 e. The van der Waals surface area contributed by atoms with E-state index in [2.05, 4.69) is 44.6 Å². The Morgan fingerprint density at radius 2 is 1.52 bits per heavy atom. The monoisotopic (exact) mass is 695 g/mol. The van der Waals surface area contributed by atoms with Crippen molar-refractivity contribution < 1.29 is 63.6 Å². The Morgan fingerprint density at radius 3 is 2.10 bits per heavy atom. The third kappa shape index (κ3) is 11.5. The van der Waals surface area contributed by atoms with E-state index in [-0.39, 0.29) is 11.7 Å². The predicted molar refractivity (Wildman–Crippen MR) is 160 cm³/mol. The van der Waals surface area contributed by atoms with Crippen LogP contribution in [0.1, 0.15) is 51.2 Å². The first-order valence-electron chi connectivity index (χ1n) is 15.0. The maximum atomic E-state index is 14.3. The SMILES string of the molecule is C=CC(=O)OCC(F)(F)OC(F)(F)OC(F)(F)OC(F)(F)COc1ccc2cc(-c3ccc(CCCCC)cc3C)n(CC(C)C)c2c1. The molecule has 0 bridgehead atoms. The molecule has 0 N–H and O–H groups in total. The summed E-state index contributed by atoms with van der Waals surface area (Å²) < 4.78 is 130. The third-order valence-electron chi connectivity index (χ3n) is 6.79. The lowest BCUT2D eigenvalue weighted by Crippen LogP contribution is -2.46. The Balaban J connectivity index is 1.75. The normalized spacial score (nSPS) is 12.9. The van der Waals surface area contributed by atoms with Gasteiger partial charge in [-0.2, -0.15) is 17.6 Å². The second kappa shape index (κ2) is 15.7. The minimum Gasteiger partial charge on any atom is -0.484 e. The number of hydrogen-bond acceptors (Lipinski definition) is 6. The van der Waals surface area contributed by atoms with Crippen LogP contribution in [0.15, 0.2) is 55.1 Å². The van der Waals surface area contributed by atoms with Crippen LogP contribution in [-0.4, -0.2) is 48.6 Å². The lowest BCUT2D eigenvalue weighted by molar-refractivity contribution is -0.574. The number of hydrogen-bond donors (Lipinski definition) is 0. The number of fused-ring (bicyclic) bond motifs is 1. The van der Waals surface area contributed by atoms with Gasteiger partial charge in [-0.3, -0.25) is 0 Å². The fourth-order valence-electron chi connectivity index (χ4n) is 4.82. The Kier molecular flexibility index (Phi) is 12.7. The number of carbonyl (C=O) groups excluding carboxylic acids is 1. The second-order valence-electron chi connectivity index (χ2n) is 11.5. The summed E-state index contributed by atoms with van der Waals surface area (Å²) in [4.78, 5) is 10.8. The summed E-state index contributed by atoms with van der Waals surface area (Å²) in [5.74, 6) is -1.49. The van der Waals surface area contributed by atoms with Gasteiger partial charge in [-0.1, -0.05) is 58.4 Å². The maximum absolute atomic E-state index is 14.3. The van der Waals surface area contributed by atoms with Crippen LogP contribution in [0.3, 0.4) is 0 Å². The van der Waals surface area contributed by atoms with Crippen molar-refractivity contribution in [3.63, 3.8) is 0 Å². The summed E-state index contributed by atoms with van der Waals surface area (Å²) in [7, 11) is 0. The molecule has 0 spiro atoms. The van der Waals surface area contributed by atoms with E-state index in [1.54, 1.807) is 6.07 Å². The van der Waals surface area contributed by atoms with Crippen molar-refractivity contribution in [3.8, 4) is 17.0 Å². The van der Waals surface area contributed by atoms with Crippen molar-refractivity contribution in [2.24, 2.45) is 5.92 Å². The molecule has 3 aromatic rings. The predicted octanol–water partition coefficient (Wildman–Crippen LogP) is 9.45. The summed E-state index contributed by atoms with van der Waals surface area (Å²) in [5, 5.41) is 0.741. The molecule has 0 aliphatic rings. The van der Waals surface area contributed by atoms with Gasteiger partial charge < -0.3 is 14.0 Å². The molecular formula is C33H37F8NO6. The van der Waals surface area contributed by atoms with E-state index in [0.29, 0.717) is 18.1 Å². The number of aryl methyl sites for hydroxylation is 2. The molecule has 0 saturated carbocycles. The highest BCUT2D eigenvalue weighted by molar-refractivity contribution is 5.88. The molecule has 0 atom stereocenters. The van der Waals surface area contributed by atoms with Crippen LogP contribution in [0, 0.1) is 12.8 Å². The summed E-state index contributed by atoms with van der Waals surface area (Å²) in [6.07, 6.45) is -17.1. The van der Waals surface area contributed by atoms with Crippen LogP contribution < -0.4 is 4.74 Å². The van der Waals surface area contributed by atoms with Crippen LogP contribution >= 0.6 is 0 Å². The van der Waals surface area contributed by atoms with Crippen molar-refractivity contribution in [3.05, 3.63) is 66.2 Å². The first-order valence-corrected chi connectivity index (χ1v) is 15.0. The van der Waals surface area contributed by atoms with E-state index in [0.717, 1.165) is 47.9 Å². The highest BCUT2D eigenvalue weighted by Crippen LogP contribution is 2.38. The Hall–Kier alpha value is -3.69. The highest BCUT2D eigenvalue weighted by Gasteiger charge is 2.57. The fourth-order valence-corrected chi connectivity index (χ4v) is 4.82. The molecule has 266 valence electrons. The van der Waals surface area contributed by atoms with Gasteiger partial charge in [-0.25, -0.2) is 19.0 Å². The van der Waals surface area contributed by atoms with Gasteiger partial charge in [0.1, 0.15) is 5.75 Å². The zero-order chi connectivity index (χ0) is 35.9. The number of alkyl halides is 8. The summed E-state index contributed by atoms with van der Waals surface area (Å²) in [6, 6.07) is 12.5. The average Bonchev–Trinajstić information content (AvgIpc) is 3.29. The van der Waals surface area contributed by atoms with Gasteiger partial charge in [0.05, 0.1) is 5.52 Å². The topological polar surface area (TPSA) is 68.2 Å². The first kappa shape index (κ1) is 38.8.